The first-order chi connectivity index (χ1) is 9.76. The van der Waals surface area contributed by atoms with Crippen molar-refractivity contribution in [1.82, 2.24) is 10.2 Å². The van der Waals surface area contributed by atoms with Crippen LogP contribution in [0.3, 0.4) is 0 Å². The fraction of sp³-hybridized carbons (Fsp3) is 0.562. The minimum absolute atomic E-state index is 0.182. The third-order valence-electron chi connectivity index (χ3n) is 4.32. The smallest absolute Gasteiger partial charge is 0.407 e. The Morgan fingerprint density at radius 2 is 2.00 bits per heavy atom. The molecule has 1 saturated carbocycles. The standard InChI is InChI=1S/C16H22N2O2/c1-20-16(19)17-14-9-13(12-5-3-2-4-6-12)10-18(11-14)15-7-8-15/h2-6,13-15H,7-11H2,1H3,(H,17,19). The van der Waals surface area contributed by atoms with Crippen LogP contribution in [-0.4, -0.2) is 43.3 Å². The lowest BCUT2D eigenvalue weighted by molar-refractivity contribution is 0.137. The lowest BCUT2D eigenvalue weighted by atomic mass is 9.88. The summed E-state index contributed by atoms with van der Waals surface area (Å²) in [4.78, 5) is 14.0. The van der Waals surface area contributed by atoms with Crippen LogP contribution >= 0.6 is 0 Å². The summed E-state index contributed by atoms with van der Waals surface area (Å²) in [6.07, 6.45) is 3.26. The number of hydrogen-bond acceptors (Lipinski definition) is 3. The Hall–Kier alpha value is -1.55. The highest BCUT2D eigenvalue weighted by Crippen LogP contribution is 2.34. The van der Waals surface area contributed by atoms with E-state index in [1.807, 2.05) is 0 Å². The number of amides is 1. The maximum Gasteiger partial charge on any atom is 0.407 e. The zero-order valence-electron chi connectivity index (χ0n) is 11.9. The molecule has 0 spiro atoms. The molecule has 0 radical (unpaired) electrons. The molecule has 1 N–H and O–H groups in total. The summed E-state index contributed by atoms with van der Waals surface area (Å²) in [5, 5.41) is 2.98. The fourth-order valence-corrected chi connectivity index (χ4v) is 3.17. The predicted molar refractivity (Wildman–Crippen MR) is 77.7 cm³/mol. The molecular weight excluding hydrogens is 252 g/mol. The Morgan fingerprint density at radius 3 is 2.65 bits per heavy atom. The summed E-state index contributed by atoms with van der Waals surface area (Å²) >= 11 is 0. The number of methoxy groups -OCH3 is 1. The van der Waals surface area contributed by atoms with Gasteiger partial charge in [0.05, 0.1) is 7.11 Å². The van der Waals surface area contributed by atoms with E-state index in [0.29, 0.717) is 5.92 Å². The van der Waals surface area contributed by atoms with E-state index in [-0.39, 0.29) is 12.1 Å². The van der Waals surface area contributed by atoms with Crippen molar-refractivity contribution in [3.05, 3.63) is 35.9 Å². The zero-order chi connectivity index (χ0) is 13.9. The number of benzene rings is 1. The number of piperidine rings is 1. The highest BCUT2D eigenvalue weighted by Gasteiger charge is 2.37. The molecule has 1 aromatic rings. The molecule has 4 nitrogen and oxygen atoms in total. The van der Waals surface area contributed by atoms with Crippen LogP contribution in [0.15, 0.2) is 30.3 Å². The number of carbonyl (C=O) groups is 1. The summed E-state index contributed by atoms with van der Waals surface area (Å²) in [5.74, 6) is 0.493. The Bertz CT molecular complexity index is 459. The third-order valence-corrected chi connectivity index (χ3v) is 4.32. The van der Waals surface area contributed by atoms with Crippen molar-refractivity contribution < 1.29 is 9.53 Å². The lowest BCUT2D eigenvalue weighted by Crippen LogP contribution is -2.50. The molecule has 0 bridgehead atoms. The van der Waals surface area contributed by atoms with Gasteiger partial charge in [0.15, 0.2) is 0 Å². The van der Waals surface area contributed by atoms with Crippen molar-refractivity contribution >= 4 is 6.09 Å². The first-order valence-electron chi connectivity index (χ1n) is 7.39. The van der Waals surface area contributed by atoms with Crippen molar-refractivity contribution in [2.75, 3.05) is 20.2 Å². The van der Waals surface area contributed by atoms with E-state index in [2.05, 4.69) is 40.5 Å². The molecule has 0 aromatic heterocycles. The zero-order valence-corrected chi connectivity index (χ0v) is 11.9. The van der Waals surface area contributed by atoms with Crippen molar-refractivity contribution in [2.24, 2.45) is 0 Å². The van der Waals surface area contributed by atoms with Gasteiger partial charge in [-0.2, -0.15) is 0 Å². The number of carbonyl (C=O) groups excluding carboxylic acids is 1. The average molecular weight is 274 g/mol. The van der Waals surface area contributed by atoms with Gasteiger partial charge in [0.25, 0.3) is 0 Å². The number of rotatable bonds is 3. The van der Waals surface area contributed by atoms with Crippen LogP contribution in [0.1, 0.15) is 30.7 Å². The third kappa shape index (κ3) is 3.12. The molecule has 20 heavy (non-hydrogen) atoms. The highest BCUT2D eigenvalue weighted by atomic mass is 16.5. The van der Waals surface area contributed by atoms with Gasteiger partial charge < -0.3 is 10.1 Å². The second kappa shape index (κ2) is 5.83. The first-order valence-corrected chi connectivity index (χ1v) is 7.39. The van der Waals surface area contributed by atoms with Crippen LogP contribution in [0.25, 0.3) is 0 Å². The van der Waals surface area contributed by atoms with Crippen LogP contribution in [-0.2, 0) is 4.74 Å². The normalized spacial score (nSPS) is 27.1. The van der Waals surface area contributed by atoms with E-state index in [0.717, 1.165) is 25.6 Å². The molecular formula is C16H22N2O2. The summed E-state index contributed by atoms with van der Waals surface area (Å²) in [7, 11) is 1.42. The predicted octanol–water partition coefficient (Wildman–Crippen LogP) is 2.36. The number of alkyl carbamates (subject to hydrolysis) is 1. The van der Waals surface area contributed by atoms with Gasteiger partial charge in [-0.15, -0.1) is 0 Å². The van der Waals surface area contributed by atoms with Crippen LogP contribution in [0.5, 0.6) is 0 Å². The molecule has 2 unspecified atom stereocenters. The van der Waals surface area contributed by atoms with E-state index < -0.39 is 0 Å². The molecule has 2 fully saturated rings. The molecule has 1 aromatic carbocycles. The van der Waals surface area contributed by atoms with Gasteiger partial charge in [0.1, 0.15) is 0 Å². The molecule has 1 aliphatic carbocycles. The maximum atomic E-state index is 11.5. The van der Waals surface area contributed by atoms with Gasteiger partial charge in [-0.3, -0.25) is 4.90 Å². The minimum atomic E-state index is -0.320. The fourth-order valence-electron chi connectivity index (χ4n) is 3.17. The quantitative estimate of drug-likeness (QED) is 0.920. The highest BCUT2D eigenvalue weighted by molar-refractivity contribution is 5.67. The molecule has 1 saturated heterocycles. The van der Waals surface area contributed by atoms with Gasteiger partial charge in [-0.05, 0) is 30.7 Å². The summed E-state index contributed by atoms with van der Waals surface area (Å²) in [6.45, 7) is 2.05. The van der Waals surface area contributed by atoms with Crippen molar-refractivity contribution in [2.45, 2.75) is 37.3 Å². The van der Waals surface area contributed by atoms with E-state index in [4.69, 9.17) is 4.74 Å². The average Bonchev–Trinajstić information content (AvgIpc) is 3.32. The first kappa shape index (κ1) is 13.4. The number of likely N-dealkylation sites (tertiary alicyclic amines) is 1. The number of nitrogens with one attached hydrogen (secondary N) is 1. The van der Waals surface area contributed by atoms with Crippen molar-refractivity contribution in [1.29, 1.82) is 0 Å². The van der Waals surface area contributed by atoms with Gasteiger partial charge >= 0.3 is 6.09 Å². The summed E-state index contributed by atoms with van der Waals surface area (Å²) < 4.78 is 4.74. The minimum Gasteiger partial charge on any atom is -0.453 e. The Labute approximate surface area is 120 Å². The lowest BCUT2D eigenvalue weighted by Gasteiger charge is -2.38. The Kier molecular flexibility index (Phi) is 3.92. The van der Waals surface area contributed by atoms with E-state index >= 15 is 0 Å². The number of nitrogens with zero attached hydrogens (tertiary/aromatic N) is 1. The number of ether oxygens (including phenoxy) is 1. The van der Waals surface area contributed by atoms with Gasteiger partial charge in [-0.25, -0.2) is 4.79 Å². The van der Waals surface area contributed by atoms with Crippen molar-refractivity contribution in [3.63, 3.8) is 0 Å². The molecule has 2 aliphatic rings. The second-order valence-corrected chi connectivity index (χ2v) is 5.86. The molecule has 1 heterocycles. The largest absolute Gasteiger partial charge is 0.453 e. The van der Waals surface area contributed by atoms with E-state index in [9.17, 15) is 4.79 Å². The molecule has 108 valence electrons. The van der Waals surface area contributed by atoms with Crippen LogP contribution < -0.4 is 5.32 Å². The summed E-state index contributed by atoms with van der Waals surface area (Å²) in [5.41, 5.74) is 1.37. The summed E-state index contributed by atoms with van der Waals surface area (Å²) in [6, 6.07) is 11.5. The molecule has 4 heteroatoms. The van der Waals surface area contributed by atoms with Gasteiger partial charge in [0.2, 0.25) is 0 Å². The van der Waals surface area contributed by atoms with Gasteiger partial charge in [-0.1, -0.05) is 30.3 Å². The van der Waals surface area contributed by atoms with Crippen molar-refractivity contribution in [3.8, 4) is 0 Å². The number of hydrogen-bond donors (Lipinski definition) is 1. The van der Waals surface area contributed by atoms with Gasteiger partial charge in [0, 0.05) is 25.2 Å². The molecule has 1 aliphatic heterocycles. The molecule has 3 rings (SSSR count). The second-order valence-electron chi connectivity index (χ2n) is 5.86. The molecule has 1 amide bonds. The Balaban J connectivity index is 1.71. The van der Waals surface area contributed by atoms with Crippen LogP contribution in [0.2, 0.25) is 0 Å². The topological polar surface area (TPSA) is 41.6 Å². The van der Waals surface area contributed by atoms with E-state index in [1.165, 1.54) is 25.5 Å². The van der Waals surface area contributed by atoms with Crippen LogP contribution in [0, 0.1) is 0 Å². The SMILES string of the molecule is COC(=O)NC1CC(c2ccccc2)CN(C2CC2)C1. The maximum absolute atomic E-state index is 11.5. The Morgan fingerprint density at radius 1 is 1.25 bits per heavy atom. The van der Waals surface area contributed by atoms with Crippen LogP contribution in [0.4, 0.5) is 4.79 Å². The molecule has 2 atom stereocenters. The monoisotopic (exact) mass is 274 g/mol. The van der Waals surface area contributed by atoms with E-state index in [1.54, 1.807) is 0 Å².